The van der Waals surface area contributed by atoms with Gasteiger partial charge in [-0.15, -0.1) is 0 Å². The lowest BCUT2D eigenvalue weighted by atomic mass is 9.91. The van der Waals surface area contributed by atoms with E-state index in [1.165, 1.54) is 34.7 Å². The van der Waals surface area contributed by atoms with Gasteiger partial charge in [0.1, 0.15) is 0 Å². The first kappa shape index (κ1) is 10.8. The molecule has 1 aliphatic carbocycles. The Morgan fingerprint density at radius 3 is 2.21 bits per heavy atom. The molecule has 0 radical (unpaired) electrons. The molecule has 1 aliphatic rings. The van der Waals surface area contributed by atoms with Crippen LogP contribution in [0.25, 0.3) is 21.9 Å². The maximum Gasteiger partial charge on any atom is -0.0143 e. The Bertz CT molecular complexity index is 721. The molecule has 3 aromatic carbocycles. The average molecular weight is 244 g/mol. The molecule has 0 amide bonds. The molecular formula is C19H16. The van der Waals surface area contributed by atoms with Crippen LogP contribution in [0.5, 0.6) is 0 Å². The summed E-state index contributed by atoms with van der Waals surface area (Å²) in [7, 11) is 0. The maximum absolute atomic E-state index is 2.30. The minimum Gasteiger partial charge on any atom is -0.0622 e. The fourth-order valence-electron chi connectivity index (χ4n) is 2.98. The van der Waals surface area contributed by atoms with E-state index in [1.807, 2.05) is 0 Å². The highest BCUT2D eigenvalue weighted by atomic mass is 14.3. The van der Waals surface area contributed by atoms with E-state index in [0.29, 0.717) is 0 Å². The number of fused-ring (bicyclic) bond motifs is 1. The van der Waals surface area contributed by atoms with Crippen LogP contribution in [0.2, 0.25) is 0 Å². The lowest BCUT2D eigenvalue weighted by Crippen LogP contribution is -1.89. The van der Waals surface area contributed by atoms with E-state index in [1.54, 1.807) is 5.56 Å². The molecule has 0 unspecified atom stereocenters. The summed E-state index contributed by atoms with van der Waals surface area (Å²) in [6.45, 7) is 0. The van der Waals surface area contributed by atoms with Gasteiger partial charge >= 0.3 is 0 Å². The van der Waals surface area contributed by atoms with Crippen LogP contribution in [-0.4, -0.2) is 0 Å². The van der Waals surface area contributed by atoms with Gasteiger partial charge in [0.2, 0.25) is 0 Å². The predicted molar refractivity (Wildman–Crippen MR) is 81.4 cm³/mol. The third-order valence-corrected chi connectivity index (χ3v) is 4.04. The molecule has 0 bridgehead atoms. The van der Waals surface area contributed by atoms with Crippen LogP contribution in [0.3, 0.4) is 0 Å². The molecule has 4 rings (SSSR count). The first-order valence-corrected chi connectivity index (χ1v) is 7.00. The van der Waals surface area contributed by atoms with E-state index >= 15 is 0 Å². The molecule has 0 nitrogen and oxygen atoms in total. The summed E-state index contributed by atoms with van der Waals surface area (Å²) in [5, 5.41) is 2.80. The Morgan fingerprint density at radius 1 is 0.684 bits per heavy atom. The van der Waals surface area contributed by atoms with Gasteiger partial charge in [-0.3, -0.25) is 0 Å². The van der Waals surface area contributed by atoms with Crippen molar-refractivity contribution in [1.82, 2.24) is 0 Å². The molecule has 19 heavy (non-hydrogen) atoms. The van der Waals surface area contributed by atoms with Gasteiger partial charge in [0.15, 0.2) is 0 Å². The zero-order valence-electron chi connectivity index (χ0n) is 10.8. The topological polar surface area (TPSA) is 0 Å². The second kappa shape index (κ2) is 4.24. The summed E-state index contributed by atoms with van der Waals surface area (Å²) < 4.78 is 0. The summed E-state index contributed by atoms with van der Waals surface area (Å²) >= 11 is 0. The molecule has 0 aliphatic heterocycles. The van der Waals surface area contributed by atoms with E-state index in [4.69, 9.17) is 0 Å². The van der Waals surface area contributed by atoms with Crippen LogP contribution in [0.4, 0.5) is 0 Å². The quantitative estimate of drug-likeness (QED) is 0.567. The minimum absolute atomic E-state index is 0.765. The van der Waals surface area contributed by atoms with Gasteiger partial charge in [-0.2, -0.15) is 0 Å². The first-order chi connectivity index (χ1) is 9.43. The minimum atomic E-state index is 0.765. The third kappa shape index (κ3) is 1.84. The summed E-state index contributed by atoms with van der Waals surface area (Å²) in [5.41, 5.74) is 4.32. The van der Waals surface area contributed by atoms with E-state index < -0.39 is 0 Å². The fourth-order valence-corrected chi connectivity index (χ4v) is 2.98. The molecule has 0 spiro atoms. The lowest BCUT2D eigenvalue weighted by molar-refractivity contribution is 1.15. The monoisotopic (exact) mass is 244 g/mol. The second-order valence-corrected chi connectivity index (χ2v) is 5.39. The average Bonchev–Trinajstić information content (AvgIpc) is 3.31. The van der Waals surface area contributed by atoms with E-state index in [9.17, 15) is 0 Å². The van der Waals surface area contributed by atoms with Gasteiger partial charge < -0.3 is 0 Å². The van der Waals surface area contributed by atoms with Gasteiger partial charge in [0.25, 0.3) is 0 Å². The number of hydrogen-bond acceptors (Lipinski definition) is 0. The molecule has 0 saturated heterocycles. The largest absolute Gasteiger partial charge is 0.0622 e. The van der Waals surface area contributed by atoms with Crippen molar-refractivity contribution in [2.75, 3.05) is 0 Å². The Morgan fingerprint density at radius 2 is 1.42 bits per heavy atom. The van der Waals surface area contributed by atoms with Crippen molar-refractivity contribution in [3.05, 3.63) is 72.3 Å². The van der Waals surface area contributed by atoms with Gasteiger partial charge in [-0.05, 0) is 46.2 Å². The molecule has 0 heterocycles. The van der Waals surface area contributed by atoms with Crippen LogP contribution >= 0.6 is 0 Å². The second-order valence-electron chi connectivity index (χ2n) is 5.39. The van der Waals surface area contributed by atoms with Crippen molar-refractivity contribution in [2.24, 2.45) is 0 Å². The normalized spacial score (nSPS) is 14.7. The molecular weight excluding hydrogens is 228 g/mol. The Balaban J connectivity index is 2.03. The van der Waals surface area contributed by atoms with Crippen LogP contribution in [0, 0.1) is 0 Å². The van der Waals surface area contributed by atoms with Crippen molar-refractivity contribution in [2.45, 2.75) is 18.8 Å². The van der Waals surface area contributed by atoms with Crippen LogP contribution in [0.15, 0.2) is 66.7 Å². The van der Waals surface area contributed by atoms with Gasteiger partial charge in [0, 0.05) is 0 Å². The highest BCUT2D eigenvalue weighted by molar-refractivity contribution is 5.92. The van der Waals surface area contributed by atoms with Gasteiger partial charge in [-0.1, -0.05) is 66.7 Å². The molecule has 0 aromatic heterocycles. The number of rotatable bonds is 2. The number of hydrogen-bond donors (Lipinski definition) is 0. The van der Waals surface area contributed by atoms with Crippen molar-refractivity contribution in [3.63, 3.8) is 0 Å². The summed E-state index contributed by atoms with van der Waals surface area (Å²) in [5.74, 6) is 0.765. The van der Waals surface area contributed by atoms with Crippen LogP contribution in [0.1, 0.15) is 24.3 Å². The highest BCUT2D eigenvalue weighted by Gasteiger charge is 2.28. The molecule has 0 atom stereocenters. The first-order valence-electron chi connectivity index (χ1n) is 7.00. The van der Waals surface area contributed by atoms with Crippen molar-refractivity contribution in [1.29, 1.82) is 0 Å². The SMILES string of the molecule is c1ccc(-c2ccc3ccccc3c2C2CC2)cc1. The molecule has 3 aromatic rings. The molecule has 1 saturated carbocycles. The smallest absolute Gasteiger partial charge is 0.0143 e. The number of benzene rings is 3. The lowest BCUT2D eigenvalue weighted by Gasteiger charge is -2.13. The van der Waals surface area contributed by atoms with Crippen LogP contribution < -0.4 is 0 Å². The summed E-state index contributed by atoms with van der Waals surface area (Å²) in [4.78, 5) is 0. The maximum atomic E-state index is 2.30. The van der Waals surface area contributed by atoms with Crippen LogP contribution in [-0.2, 0) is 0 Å². The molecule has 1 fully saturated rings. The summed E-state index contributed by atoms with van der Waals surface area (Å²) in [6, 6.07) is 24.1. The molecule has 0 heteroatoms. The summed E-state index contributed by atoms with van der Waals surface area (Å²) in [6.07, 6.45) is 2.68. The molecule has 92 valence electrons. The highest BCUT2D eigenvalue weighted by Crippen LogP contribution is 2.47. The van der Waals surface area contributed by atoms with Gasteiger partial charge in [-0.25, -0.2) is 0 Å². The van der Waals surface area contributed by atoms with Crippen molar-refractivity contribution < 1.29 is 0 Å². The van der Waals surface area contributed by atoms with Crippen molar-refractivity contribution >= 4 is 10.8 Å². The zero-order chi connectivity index (χ0) is 12.7. The van der Waals surface area contributed by atoms with E-state index in [0.717, 1.165) is 5.92 Å². The Labute approximate surface area is 113 Å². The molecule has 0 N–H and O–H groups in total. The standard InChI is InChI=1S/C19H16/c1-2-6-14(7-3-1)18-13-12-15-8-4-5-9-17(15)19(18)16-10-11-16/h1-9,12-13,16H,10-11H2. The van der Waals surface area contributed by atoms with Crippen molar-refractivity contribution in [3.8, 4) is 11.1 Å². The van der Waals surface area contributed by atoms with E-state index in [-0.39, 0.29) is 0 Å². The Hall–Kier alpha value is -2.08. The zero-order valence-corrected chi connectivity index (χ0v) is 10.8. The third-order valence-electron chi connectivity index (χ3n) is 4.04. The van der Waals surface area contributed by atoms with E-state index in [2.05, 4.69) is 66.7 Å². The Kier molecular flexibility index (Phi) is 2.41. The predicted octanol–water partition coefficient (Wildman–Crippen LogP) is 5.38. The van der Waals surface area contributed by atoms with Gasteiger partial charge in [0.05, 0.1) is 0 Å². The fraction of sp³-hybridized carbons (Fsp3) is 0.158.